The van der Waals surface area contributed by atoms with Crippen LogP contribution >= 0.6 is 11.6 Å². The number of esters is 1. The van der Waals surface area contributed by atoms with Gasteiger partial charge in [-0.05, 0) is 151 Å². The third-order valence-electron chi connectivity index (χ3n) is 18.5. The van der Waals surface area contributed by atoms with Gasteiger partial charge in [-0.15, -0.1) is 0 Å². The predicted octanol–water partition coefficient (Wildman–Crippen LogP) is 9.11. The van der Waals surface area contributed by atoms with E-state index in [4.69, 9.17) is 16.3 Å². The van der Waals surface area contributed by atoms with Crippen molar-refractivity contribution in [2.75, 3.05) is 0 Å². The van der Waals surface area contributed by atoms with E-state index in [0.29, 0.717) is 48.1 Å². The number of Topliss-reactive ketones (excluding diaryl/α,β-unsaturated/α-hetero) is 1. The molecule has 1 aromatic carbocycles. The number of carbonyl (C=O) groups is 5. The number of carbonyl (C=O) groups excluding carboxylic acids is 4. The average Bonchev–Trinajstić information content (AvgIpc) is 3.85. The normalized spacial score (nSPS) is 40.2. The van der Waals surface area contributed by atoms with Gasteiger partial charge in [-0.25, -0.2) is 0 Å². The number of rotatable bonds is 8. The van der Waals surface area contributed by atoms with Crippen molar-refractivity contribution in [1.82, 2.24) is 10.6 Å². The zero-order chi connectivity index (χ0) is 42.2. The van der Waals surface area contributed by atoms with Crippen LogP contribution in [0.15, 0.2) is 35.4 Å². The van der Waals surface area contributed by atoms with Crippen molar-refractivity contribution in [2.24, 2.45) is 62.6 Å². The lowest BCUT2D eigenvalue weighted by molar-refractivity contribution is -0.235. The minimum atomic E-state index is -0.994. The molecule has 58 heavy (non-hydrogen) atoms. The Morgan fingerprint density at radius 2 is 1.45 bits per heavy atom. The molecule has 3 N–H and O–H groups in total. The molecule has 7 aliphatic carbocycles. The maximum atomic E-state index is 14.4. The number of hydrogen-bond donors (Lipinski definition) is 3. The number of ketones is 1. The third-order valence-corrected chi connectivity index (χ3v) is 18.7. The topological polar surface area (TPSA) is 139 Å². The molecule has 0 aromatic heterocycles. The lowest BCUT2D eigenvalue weighted by Gasteiger charge is -2.72. The van der Waals surface area contributed by atoms with Gasteiger partial charge in [0.25, 0.3) is 5.91 Å². The molecule has 0 aliphatic heterocycles. The molecule has 0 spiro atoms. The SMILES string of the molecule is CC(C)C1=C2[C@H]3CC[C@@H]4[C@@]5(C)CC[C@H](OC(=O)[C@H]6C[C@@H](C(=O)O)C6(C)C)C(C)(C)[C@@H]5CC[C@@]4(C)[C@]3(C)CC[C@@]2(NC(=O)C2(NC(=O)c3ccc(Cl)cc3)CC2)CC1=O. The van der Waals surface area contributed by atoms with Crippen molar-refractivity contribution < 1.29 is 33.8 Å². The quantitative estimate of drug-likeness (QED) is 0.223. The molecule has 6 saturated carbocycles. The molecule has 10 atom stereocenters. The molecular formula is C48H65ClN2O7. The zero-order valence-electron chi connectivity index (χ0n) is 36.1. The number of hydrogen-bond acceptors (Lipinski definition) is 6. The largest absolute Gasteiger partial charge is 0.481 e. The van der Waals surface area contributed by atoms with Crippen LogP contribution in [0.1, 0.15) is 150 Å². The van der Waals surface area contributed by atoms with Crippen LogP contribution in [-0.2, 0) is 23.9 Å². The lowest BCUT2D eigenvalue weighted by atomic mass is 9.33. The maximum Gasteiger partial charge on any atom is 0.309 e. The summed E-state index contributed by atoms with van der Waals surface area (Å²) >= 11 is 6.07. The van der Waals surface area contributed by atoms with Gasteiger partial charge in [0, 0.05) is 22.4 Å². The number of nitrogens with one attached hydrogen (secondary N) is 2. The number of halogens is 1. The highest BCUT2D eigenvalue weighted by molar-refractivity contribution is 6.30. The van der Waals surface area contributed by atoms with Gasteiger partial charge in [0.15, 0.2) is 5.78 Å². The Morgan fingerprint density at radius 1 is 0.776 bits per heavy atom. The minimum absolute atomic E-state index is 0.0102. The Bertz CT molecular complexity index is 1980. The second-order valence-electron chi connectivity index (χ2n) is 22.1. The van der Waals surface area contributed by atoms with E-state index >= 15 is 0 Å². The standard InChI is InChI=1S/C48H65ClN2O7/c1-26(2)36-32(52)25-48(51-41(57)47(22-23-47)50-38(53)27-10-12-28(49)13-11-27)21-20-45(8)29(37(36)48)14-15-34-44(7)18-17-35(43(5,6)33(44)16-19-46(34,45)9)58-40(56)31-24-30(39(54)55)42(31,3)4/h10-13,26,29-31,33-35H,14-25H2,1-9H3,(H,50,53)(H,51,57)(H,54,55)/t29-,30+,31-,33+,34-,35+,44+,45-,46-,48-/m1/s1. The first kappa shape index (κ1) is 41.5. The van der Waals surface area contributed by atoms with Crippen LogP contribution in [0.25, 0.3) is 0 Å². The molecule has 0 unspecified atom stereocenters. The van der Waals surface area contributed by atoms with Crippen LogP contribution in [0.4, 0.5) is 0 Å². The molecule has 6 fully saturated rings. The Balaban J connectivity index is 1.04. The van der Waals surface area contributed by atoms with Gasteiger partial charge in [-0.3, -0.25) is 24.0 Å². The highest BCUT2D eigenvalue weighted by Crippen LogP contribution is 2.76. The molecule has 0 saturated heterocycles. The van der Waals surface area contributed by atoms with Crippen molar-refractivity contribution in [2.45, 2.75) is 157 Å². The smallest absolute Gasteiger partial charge is 0.309 e. The zero-order valence-corrected chi connectivity index (χ0v) is 36.9. The summed E-state index contributed by atoms with van der Waals surface area (Å²) in [5.41, 5.74) is -0.178. The first-order chi connectivity index (χ1) is 27.0. The van der Waals surface area contributed by atoms with E-state index in [9.17, 15) is 29.1 Å². The molecule has 1 aromatic rings. The van der Waals surface area contributed by atoms with Crippen LogP contribution < -0.4 is 10.6 Å². The first-order valence-corrected chi connectivity index (χ1v) is 22.5. The number of allylic oxidation sites excluding steroid dienone is 1. The van der Waals surface area contributed by atoms with E-state index in [1.807, 2.05) is 13.8 Å². The van der Waals surface area contributed by atoms with E-state index in [2.05, 4.69) is 59.1 Å². The summed E-state index contributed by atoms with van der Waals surface area (Å²) in [7, 11) is 0. The Hall–Kier alpha value is -3.20. The number of ether oxygens (including phenoxy) is 1. The Labute approximate surface area is 349 Å². The number of fused-ring (bicyclic) bond motifs is 7. The van der Waals surface area contributed by atoms with Crippen LogP contribution in [0, 0.1) is 62.6 Å². The van der Waals surface area contributed by atoms with Gasteiger partial charge in [0.1, 0.15) is 11.6 Å². The second kappa shape index (κ2) is 13.4. The highest BCUT2D eigenvalue weighted by atomic mass is 35.5. The summed E-state index contributed by atoms with van der Waals surface area (Å²) in [5.74, 6) is -1.40. The van der Waals surface area contributed by atoms with E-state index < -0.39 is 34.3 Å². The number of carboxylic acids is 1. The molecule has 0 bridgehead atoms. The van der Waals surface area contributed by atoms with E-state index in [1.54, 1.807) is 24.3 Å². The summed E-state index contributed by atoms with van der Waals surface area (Å²) in [6, 6.07) is 6.68. The molecular weight excluding hydrogens is 752 g/mol. The van der Waals surface area contributed by atoms with Gasteiger partial charge >= 0.3 is 11.9 Å². The number of carboxylic acid groups (broad SMARTS) is 1. The Kier molecular flexibility index (Phi) is 9.59. The van der Waals surface area contributed by atoms with Crippen LogP contribution in [-0.4, -0.2) is 51.8 Å². The Morgan fingerprint density at radius 3 is 2.05 bits per heavy atom. The fourth-order valence-electron chi connectivity index (χ4n) is 14.7. The van der Waals surface area contributed by atoms with Crippen molar-refractivity contribution in [3.05, 3.63) is 46.0 Å². The highest BCUT2D eigenvalue weighted by Gasteiger charge is 2.71. The fourth-order valence-corrected chi connectivity index (χ4v) is 14.8. The number of benzene rings is 1. The van der Waals surface area contributed by atoms with Crippen molar-refractivity contribution in [3.8, 4) is 0 Å². The van der Waals surface area contributed by atoms with E-state index in [0.717, 1.165) is 50.5 Å². The molecule has 2 amide bonds. The predicted molar refractivity (Wildman–Crippen MR) is 222 cm³/mol. The summed E-state index contributed by atoms with van der Waals surface area (Å²) in [6.45, 7) is 20.1. The third kappa shape index (κ3) is 5.84. The van der Waals surface area contributed by atoms with Crippen LogP contribution in [0.5, 0.6) is 0 Å². The van der Waals surface area contributed by atoms with Crippen molar-refractivity contribution in [1.29, 1.82) is 0 Å². The minimum Gasteiger partial charge on any atom is -0.481 e. The van der Waals surface area contributed by atoms with Gasteiger partial charge in [-0.2, -0.15) is 0 Å². The summed E-state index contributed by atoms with van der Waals surface area (Å²) in [4.78, 5) is 67.4. The van der Waals surface area contributed by atoms with E-state index in [1.165, 1.54) is 5.57 Å². The van der Waals surface area contributed by atoms with Gasteiger partial charge in [-0.1, -0.05) is 73.9 Å². The van der Waals surface area contributed by atoms with Gasteiger partial charge in [0.2, 0.25) is 5.91 Å². The molecule has 7 aliphatic rings. The summed E-state index contributed by atoms with van der Waals surface area (Å²) in [5, 5.41) is 16.8. The molecule has 316 valence electrons. The van der Waals surface area contributed by atoms with Crippen molar-refractivity contribution in [3.63, 3.8) is 0 Å². The molecule has 0 heterocycles. The molecule has 9 nitrogen and oxygen atoms in total. The monoisotopic (exact) mass is 816 g/mol. The van der Waals surface area contributed by atoms with Crippen molar-refractivity contribution >= 4 is 41.1 Å². The lowest BCUT2D eigenvalue weighted by Crippen LogP contribution is -2.68. The summed E-state index contributed by atoms with van der Waals surface area (Å²) in [6.07, 6.45) is 8.90. The maximum absolute atomic E-state index is 14.4. The molecule has 10 heteroatoms. The van der Waals surface area contributed by atoms with E-state index in [-0.39, 0.29) is 69.6 Å². The summed E-state index contributed by atoms with van der Waals surface area (Å²) < 4.78 is 6.41. The van der Waals surface area contributed by atoms with Gasteiger partial charge in [0.05, 0.1) is 17.4 Å². The second-order valence-corrected chi connectivity index (χ2v) is 22.5. The van der Waals surface area contributed by atoms with Crippen LogP contribution in [0.3, 0.4) is 0 Å². The average molecular weight is 818 g/mol. The number of aliphatic carboxylic acids is 1. The van der Waals surface area contributed by atoms with Gasteiger partial charge < -0.3 is 20.5 Å². The number of amides is 2. The van der Waals surface area contributed by atoms with Crippen LogP contribution in [0.2, 0.25) is 5.02 Å². The first-order valence-electron chi connectivity index (χ1n) is 22.1. The fraction of sp³-hybridized carbons (Fsp3) is 0.729. The molecule has 0 radical (unpaired) electrons. The molecule has 8 rings (SSSR count).